The van der Waals surface area contributed by atoms with Crippen molar-refractivity contribution >= 4 is 37.9 Å². The van der Waals surface area contributed by atoms with Gasteiger partial charge in [0.25, 0.3) is 0 Å². The van der Waals surface area contributed by atoms with E-state index in [-0.39, 0.29) is 0 Å². The number of hydrogen-bond donors (Lipinski definition) is 1. The van der Waals surface area contributed by atoms with E-state index in [1.165, 1.54) is 6.26 Å². The van der Waals surface area contributed by atoms with E-state index < -0.39 is 9.84 Å². The number of fused-ring (bicyclic) bond motifs is 1. The molecule has 4 aromatic rings. The SMILES string of the molecule is COc1cc2nc(C)nc(NCc3ccc(-c4ccc(S(C)(=O)=O)cc4)s3)c2cc1OC. The van der Waals surface area contributed by atoms with E-state index in [2.05, 4.69) is 21.4 Å². The van der Waals surface area contributed by atoms with Crippen LogP contribution < -0.4 is 14.8 Å². The Morgan fingerprint density at radius 1 is 0.969 bits per heavy atom. The molecule has 9 heteroatoms. The molecule has 0 amide bonds. The number of nitrogens with one attached hydrogen (secondary N) is 1. The predicted molar refractivity (Wildman–Crippen MR) is 128 cm³/mol. The number of sulfone groups is 1. The molecular weight excluding hydrogens is 446 g/mol. The lowest BCUT2D eigenvalue weighted by molar-refractivity contribution is 0.356. The fraction of sp³-hybridized carbons (Fsp3) is 0.217. The largest absolute Gasteiger partial charge is 0.493 e. The van der Waals surface area contributed by atoms with Crippen molar-refractivity contribution in [2.24, 2.45) is 0 Å². The van der Waals surface area contributed by atoms with Gasteiger partial charge in [0, 0.05) is 27.5 Å². The highest BCUT2D eigenvalue weighted by Crippen LogP contribution is 2.35. The van der Waals surface area contributed by atoms with Crippen molar-refractivity contribution in [2.45, 2.75) is 18.4 Å². The van der Waals surface area contributed by atoms with E-state index in [0.29, 0.717) is 28.8 Å². The minimum Gasteiger partial charge on any atom is -0.493 e. The average molecular weight is 470 g/mol. The molecule has 0 atom stereocenters. The van der Waals surface area contributed by atoms with E-state index in [1.54, 1.807) is 37.7 Å². The summed E-state index contributed by atoms with van der Waals surface area (Å²) >= 11 is 1.64. The summed E-state index contributed by atoms with van der Waals surface area (Å²) in [5.41, 5.74) is 1.75. The lowest BCUT2D eigenvalue weighted by Gasteiger charge is -2.12. The van der Waals surface area contributed by atoms with Gasteiger partial charge in [-0.3, -0.25) is 0 Å². The number of benzene rings is 2. The summed E-state index contributed by atoms with van der Waals surface area (Å²) < 4.78 is 34.2. The fourth-order valence-corrected chi connectivity index (χ4v) is 4.96. The fourth-order valence-electron chi connectivity index (χ4n) is 3.37. The number of aryl methyl sites for hydroxylation is 1. The van der Waals surface area contributed by atoms with Crippen LogP contribution in [-0.4, -0.2) is 38.9 Å². The van der Waals surface area contributed by atoms with Crippen molar-refractivity contribution in [3.63, 3.8) is 0 Å². The molecule has 0 unspecified atom stereocenters. The maximum Gasteiger partial charge on any atom is 0.175 e. The Hall–Kier alpha value is -3.17. The van der Waals surface area contributed by atoms with Crippen LogP contribution in [-0.2, 0) is 16.4 Å². The average Bonchev–Trinajstić information content (AvgIpc) is 3.25. The van der Waals surface area contributed by atoms with Crippen LogP contribution in [0.15, 0.2) is 53.4 Å². The number of rotatable bonds is 7. The van der Waals surface area contributed by atoms with Crippen LogP contribution >= 0.6 is 11.3 Å². The molecular formula is C23H23N3O4S2. The van der Waals surface area contributed by atoms with E-state index in [1.807, 2.05) is 37.3 Å². The Kier molecular flexibility index (Phi) is 6.03. The molecule has 0 saturated heterocycles. The summed E-state index contributed by atoms with van der Waals surface area (Å²) in [6, 6.07) is 14.8. The Morgan fingerprint density at radius 2 is 1.66 bits per heavy atom. The first-order valence-electron chi connectivity index (χ1n) is 9.82. The second kappa shape index (κ2) is 8.76. The Morgan fingerprint density at radius 3 is 2.31 bits per heavy atom. The van der Waals surface area contributed by atoms with Gasteiger partial charge in [0.15, 0.2) is 21.3 Å². The summed E-state index contributed by atoms with van der Waals surface area (Å²) in [6.45, 7) is 2.44. The van der Waals surface area contributed by atoms with Crippen LogP contribution in [0, 0.1) is 6.92 Å². The smallest absolute Gasteiger partial charge is 0.175 e. The molecule has 1 N–H and O–H groups in total. The molecule has 32 heavy (non-hydrogen) atoms. The monoisotopic (exact) mass is 469 g/mol. The normalized spacial score (nSPS) is 11.5. The molecule has 4 rings (SSSR count). The van der Waals surface area contributed by atoms with Gasteiger partial charge in [-0.2, -0.15) is 0 Å². The van der Waals surface area contributed by atoms with E-state index in [4.69, 9.17) is 9.47 Å². The molecule has 0 radical (unpaired) electrons. The van der Waals surface area contributed by atoms with Gasteiger partial charge >= 0.3 is 0 Å². The van der Waals surface area contributed by atoms with Gasteiger partial charge in [-0.15, -0.1) is 11.3 Å². The molecule has 0 aliphatic heterocycles. The predicted octanol–water partition coefficient (Wildman–Crippen LogP) is 4.70. The molecule has 0 aliphatic carbocycles. The molecule has 0 aliphatic rings. The van der Waals surface area contributed by atoms with Crippen LogP contribution in [0.4, 0.5) is 5.82 Å². The molecule has 0 bridgehead atoms. The van der Waals surface area contributed by atoms with E-state index in [9.17, 15) is 8.42 Å². The van der Waals surface area contributed by atoms with Crippen molar-refractivity contribution in [1.29, 1.82) is 0 Å². The second-order valence-electron chi connectivity index (χ2n) is 7.26. The number of thiophene rings is 1. The maximum atomic E-state index is 11.7. The molecule has 166 valence electrons. The number of methoxy groups -OCH3 is 2. The van der Waals surface area contributed by atoms with Gasteiger partial charge in [-0.1, -0.05) is 12.1 Å². The molecule has 2 aromatic carbocycles. The second-order valence-corrected chi connectivity index (χ2v) is 10.4. The highest BCUT2D eigenvalue weighted by Gasteiger charge is 2.13. The molecule has 0 spiro atoms. The first-order valence-corrected chi connectivity index (χ1v) is 12.5. The summed E-state index contributed by atoms with van der Waals surface area (Å²) in [4.78, 5) is 11.6. The third kappa shape index (κ3) is 4.53. The van der Waals surface area contributed by atoms with Crippen LogP contribution in [0.1, 0.15) is 10.7 Å². The number of anilines is 1. The van der Waals surface area contributed by atoms with E-state index in [0.717, 1.165) is 32.0 Å². The summed E-state index contributed by atoms with van der Waals surface area (Å²) in [6.07, 6.45) is 1.21. The van der Waals surface area contributed by atoms with Crippen molar-refractivity contribution in [2.75, 3.05) is 25.8 Å². The van der Waals surface area contributed by atoms with Crippen molar-refractivity contribution in [3.8, 4) is 21.9 Å². The van der Waals surface area contributed by atoms with Gasteiger partial charge in [-0.05, 0) is 42.8 Å². The molecule has 0 fully saturated rings. The van der Waals surface area contributed by atoms with Gasteiger partial charge in [0.2, 0.25) is 0 Å². The van der Waals surface area contributed by atoms with Crippen molar-refractivity contribution in [1.82, 2.24) is 9.97 Å². The Labute approximate surface area is 191 Å². The van der Waals surface area contributed by atoms with Crippen molar-refractivity contribution < 1.29 is 17.9 Å². The minimum absolute atomic E-state index is 0.317. The first kappa shape index (κ1) is 22.0. The first-order chi connectivity index (χ1) is 15.3. The minimum atomic E-state index is -3.20. The molecule has 0 saturated carbocycles. The lowest BCUT2D eigenvalue weighted by atomic mass is 10.2. The molecule has 2 aromatic heterocycles. The van der Waals surface area contributed by atoms with Crippen molar-refractivity contribution in [3.05, 3.63) is 59.2 Å². The highest BCUT2D eigenvalue weighted by molar-refractivity contribution is 7.90. The van der Waals surface area contributed by atoms with Gasteiger partial charge in [-0.25, -0.2) is 18.4 Å². The van der Waals surface area contributed by atoms with Crippen LogP contribution in [0.2, 0.25) is 0 Å². The maximum absolute atomic E-state index is 11.7. The number of nitrogens with zero attached hydrogens (tertiary/aromatic N) is 2. The van der Waals surface area contributed by atoms with E-state index >= 15 is 0 Å². The summed E-state index contributed by atoms with van der Waals surface area (Å²) in [7, 11) is -0.00648. The summed E-state index contributed by atoms with van der Waals surface area (Å²) in [5, 5.41) is 4.26. The van der Waals surface area contributed by atoms with Gasteiger partial charge < -0.3 is 14.8 Å². The van der Waals surface area contributed by atoms with Crippen LogP contribution in [0.5, 0.6) is 11.5 Å². The summed E-state index contributed by atoms with van der Waals surface area (Å²) in [5.74, 6) is 2.62. The third-order valence-electron chi connectivity index (χ3n) is 4.97. The van der Waals surface area contributed by atoms with Crippen LogP contribution in [0.25, 0.3) is 21.3 Å². The standard InChI is InChI=1S/C23H23N3O4S2/c1-14-25-19-12-21(30-3)20(29-2)11-18(19)23(26-14)24-13-16-7-10-22(31-16)15-5-8-17(9-6-15)32(4,27)28/h5-12H,13H2,1-4H3,(H,24,25,26). The van der Waals surface area contributed by atoms with Gasteiger partial charge in [0.05, 0.1) is 31.2 Å². The van der Waals surface area contributed by atoms with Crippen LogP contribution in [0.3, 0.4) is 0 Å². The highest BCUT2D eigenvalue weighted by atomic mass is 32.2. The molecule has 7 nitrogen and oxygen atoms in total. The lowest BCUT2D eigenvalue weighted by Crippen LogP contribution is -2.04. The zero-order valence-electron chi connectivity index (χ0n) is 18.2. The topological polar surface area (TPSA) is 90.4 Å². The molecule has 2 heterocycles. The quantitative estimate of drug-likeness (QED) is 0.419. The number of aromatic nitrogens is 2. The zero-order valence-corrected chi connectivity index (χ0v) is 19.8. The number of hydrogen-bond acceptors (Lipinski definition) is 8. The number of ether oxygens (including phenoxy) is 2. The zero-order chi connectivity index (χ0) is 22.9. The Balaban J connectivity index is 1.57. The van der Waals surface area contributed by atoms with Gasteiger partial charge in [0.1, 0.15) is 11.6 Å². The Bertz CT molecular complexity index is 1380. The third-order valence-corrected chi connectivity index (χ3v) is 7.23.